The van der Waals surface area contributed by atoms with Gasteiger partial charge in [0.05, 0.1) is 18.9 Å². The van der Waals surface area contributed by atoms with Crippen LogP contribution in [0, 0.1) is 46.8 Å². The second-order valence-electron chi connectivity index (χ2n) is 12.2. The molecule has 0 aromatic heterocycles. The SMILES string of the molecule is CC(C)(OC(=O)C1CC2CCC1C2)C12CC3CC(CC(C3)C1)C2.CCC(C)C(=O)OC. The molecule has 6 aliphatic rings. The molecule has 0 aliphatic heterocycles. The van der Waals surface area contributed by atoms with Gasteiger partial charge in [0.15, 0.2) is 0 Å². The predicted molar refractivity (Wildman–Crippen MR) is 121 cm³/mol. The third-order valence-electron chi connectivity index (χ3n) is 9.93. The van der Waals surface area contributed by atoms with E-state index in [9.17, 15) is 9.59 Å². The van der Waals surface area contributed by atoms with Crippen LogP contribution in [0.3, 0.4) is 0 Å². The minimum Gasteiger partial charge on any atom is -0.469 e. The van der Waals surface area contributed by atoms with E-state index in [-0.39, 0.29) is 34.8 Å². The highest BCUT2D eigenvalue weighted by atomic mass is 16.6. The monoisotopic (exact) mass is 432 g/mol. The molecule has 0 aromatic carbocycles. The van der Waals surface area contributed by atoms with E-state index in [1.54, 1.807) is 0 Å². The number of methoxy groups -OCH3 is 1. The van der Waals surface area contributed by atoms with Gasteiger partial charge in [-0.2, -0.15) is 0 Å². The van der Waals surface area contributed by atoms with Crippen molar-refractivity contribution in [3.63, 3.8) is 0 Å². The summed E-state index contributed by atoms with van der Waals surface area (Å²) in [6.45, 7) is 8.30. The lowest BCUT2D eigenvalue weighted by molar-refractivity contribution is -0.203. The van der Waals surface area contributed by atoms with E-state index in [0.29, 0.717) is 5.92 Å². The molecule has 0 aromatic rings. The molecule has 6 fully saturated rings. The Kier molecular flexibility index (Phi) is 6.49. The summed E-state index contributed by atoms with van der Waals surface area (Å²) in [4.78, 5) is 23.4. The van der Waals surface area contributed by atoms with Crippen LogP contribution in [0.5, 0.6) is 0 Å². The van der Waals surface area contributed by atoms with E-state index in [1.165, 1.54) is 64.9 Å². The van der Waals surface area contributed by atoms with Gasteiger partial charge in [0.25, 0.3) is 0 Å². The van der Waals surface area contributed by atoms with E-state index in [0.717, 1.165) is 36.5 Å². The van der Waals surface area contributed by atoms with Gasteiger partial charge in [-0.25, -0.2) is 0 Å². The van der Waals surface area contributed by atoms with Crippen molar-refractivity contribution in [1.29, 1.82) is 0 Å². The van der Waals surface area contributed by atoms with Gasteiger partial charge in [0, 0.05) is 5.41 Å². The molecular weight excluding hydrogens is 388 g/mol. The summed E-state index contributed by atoms with van der Waals surface area (Å²) >= 11 is 0. The summed E-state index contributed by atoms with van der Waals surface area (Å²) in [5, 5.41) is 0. The summed E-state index contributed by atoms with van der Waals surface area (Å²) in [7, 11) is 1.41. The van der Waals surface area contributed by atoms with Crippen LogP contribution in [0.15, 0.2) is 0 Å². The number of hydrogen-bond acceptors (Lipinski definition) is 4. The molecule has 31 heavy (non-hydrogen) atoms. The van der Waals surface area contributed by atoms with Gasteiger partial charge < -0.3 is 9.47 Å². The molecule has 176 valence electrons. The van der Waals surface area contributed by atoms with E-state index >= 15 is 0 Å². The fraction of sp³-hybridized carbons (Fsp3) is 0.926. The van der Waals surface area contributed by atoms with E-state index in [2.05, 4.69) is 18.6 Å². The van der Waals surface area contributed by atoms with E-state index in [1.807, 2.05) is 13.8 Å². The summed E-state index contributed by atoms with van der Waals surface area (Å²) in [6, 6.07) is 0. The first-order valence-electron chi connectivity index (χ1n) is 13.0. The fourth-order valence-corrected chi connectivity index (χ4v) is 8.18. The van der Waals surface area contributed by atoms with Crippen LogP contribution in [-0.4, -0.2) is 24.6 Å². The van der Waals surface area contributed by atoms with Gasteiger partial charge in [-0.15, -0.1) is 0 Å². The molecular formula is C27H44O4. The van der Waals surface area contributed by atoms with Crippen LogP contribution >= 0.6 is 0 Å². The lowest BCUT2D eigenvalue weighted by atomic mass is 9.46. The quantitative estimate of drug-likeness (QED) is 0.488. The molecule has 4 atom stereocenters. The Morgan fingerprint density at radius 1 is 0.935 bits per heavy atom. The predicted octanol–water partition coefficient (Wildman–Crippen LogP) is 6.17. The average molecular weight is 433 g/mol. The molecule has 0 amide bonds. The first kappa shape index (κ1) is 23.1. The Balaban J connectivity index is 0.000000250. The second kappa shape index (κ2) is 8.71. The zero-order valence-corrected chi connectivity index (χ0v) is 20.5. The van der Waals surface area contributed by atoms with Crippen molar-refractivity contribution in [3.05, 3.63) is 0 Å². The van der Waals surface area contributed by atoms with Gasteiger partial charge in [0.1, 0.15) is 5.60 Å². The minimum atomic E-state index is -0.262. The zero-order valence-electron chi connectivity index (χ0n) is 20.5. The molecule has 0 N–H and O–H groups in total. The molecule has 6 bridgehead atoms. The number of fused-ring (bicyclic) bond motifs is 2. The smallest absolute Gasteiger partial charge is 0.309 e. The zero-order chi connectivity index (χ0) is 22.4. The van der Waals surface area contributed by atoms with Crippen molar-refractivity contribution < 1.29 is 19.1 Å². The number of rotatable bonds is 5. The molecule has 6 saturated carbocycles. The number of ether oxygens (including phenoxy) is 2. The summed E-state index contributed by atoms with van der Waals surface area (Å²) < 4.78 is 10.8. The molecule has 0 heterocycles. The highest BCUT2D eigenvalue weighted by molar-refractivity contribution is 5.74. The number of esters is 2. The average Bonchev–Trinajstić information content (AvgIpc) is 3.35. The summed E-state index contributed by atoms with van der Waals surface area (Å²) in [6.07, 6.45) is 14.2. The third kappa shape index (κ3) is 4.42. The Hall–Kier alpha value is -1.06. The van der Waals surface area contributed by atoms with Crippen molar-refractivity contribution in [2.24, 2.45) is 46.8 Å². The third-order valence-corrected chi connectivity index (χ3v) is 9.93. The maximum absolute atomic E-state index is 12.9. The molecule has 6 aliphatic carbocycles. The number of hydrogen-bond donors (Lipinski definition) is 0. The van der Waals surface area contributed by atoms with Crippen LogP contribution in [0.4, 0.5) is 0 Å². The number of carbonyl (C=O) groups excluding carboxylic acids is 2. The lowest BCUT2D eigenvalue weighted by Crippen LogP contribution is -2.57. The van der Waals surface area contributed by atoms with Gasteiger partial charge in [-0.1, -0.05) is 20.3 Å². The van der Waals surface area contributed by atoms with Crippen LogP contribution in [0.25, 0.3) is 0 Å². The first-order valence-corrected chi connectivity index (χ1v) is 13.0. The van der Waals surface area contributed by atoms with Crippen molar-refractivity contribution in [3.8, 4) is 0 Å². The van der Waals surface area contributed by atoms with Crippen molar-refractivity contribution in [2.45, 2.75) is 104 Å². The van der Waals surface area contributed by atoms with Gasteiger partial charge >= 0.3 is 11.9 Å². The summed E-state index contributed by atoms with van der Waals surface area (Å²) in [5.74, 6) is 4.53. The minimum absolute atomic E-state index is 0.0556. The topological polar surface area (TPSA) is 52.6 Å². The van der Waals surface area contributed by atoms with E-state index < -0.39 is 0 Å². The van der Waals surface area contributed by atoms with Gasteiger partial charge in [0.2, 0.25) is 0 Å². The van der Waals surface area contributed by atoms with Crippen molar-refractivity contribution in [1.82, 2.24) is 0 Å². The fourth-order valence-electron chi connectivity index (χ4n) is 8.18. The van der Waals surface area contributed by atoms with Gasteiger partial charge in [-0.3, -0.25) is 9.59 Å². The van der Waals surface area contributed by atoms with E-state index in [4.69, 9.17) is 4.74 Å². The highest BCUT2D eigenvalue weighted by Gasteiger charge is 2.59. The standard InChI is InChI=1S/C21H32O2.C6H12O2/c1-20(2,23-19(22)18-9-13-3-4-17(18)8-13)21-10-14-5-15(11-21)7-16(6-14)12-21;1-4-5(2)6(7)8-3/h13-18H,3-12H2,1-2H3;5H,4H2,1-3H3. The molecule has 4 unspecified atom stereocenters. The maximum Gasteiger partial charge on any atom is 0.309 e. The Morgan fingerprint density at radius 2 is 1.52 bits per heavy atom. The molecule has 4 heteroatoms. The lowest BCUT2D eigenvalue weighted by Gasteiger charge is -2.61. The summed E-state index contributed by atoms with van der Waals surface area (Å²) in [5.41, 5.74) is 0.0248. The Labute approximate surface area is 189 Å². The van der Waals surface area contributed by atoms with Crippen LogP contribution in [-0.2, 0) is 19.1 Å². The normalized spacial score (nSPS) is 40.8. The number of carbonyl (C=O) groups is 2. The maximum atomic E-state index is 12.9. The molecule has 0 spiro atoms. The highest BCUT2D eigenvalue weighted by Crippen LogP contribution is 2.64. The Morgan fingerprint density at radius 3 is 1.90 bits per heavy atom. The largest absolute Gasteiger partial charge is 0.469 e. The second-order valence-corrected chi connectivity index (χ2v) is 12.2. The van der Waals surface area contributed by atoms with Crippen molar-refractivity contribution in [2.75, 3.05) is 7.11 Å². The van der Waals surface area contributed by atoms with Crippen LogP contribution in [0.1, 0.15) is 98.3 Å². The van der Waals surface area contributed by atoms with Gasteiger partial charge in [-0.05, 0) is 108 Å². The Bertz CT molecular complexity index is 645. The molecule has 4 nitrogen and oxygen atoms in total. The van der Waals surface area contributed by atoms with Crippen LogP contribution < -0.4 is 0 Å². The molecule has 6 rings (SSSR count). The first-order chi connectivity index (χ1) is 14.7. The molecule has 0 saturated heterocycles. The van der Waals surface area contributed by atoms with Crippen LogP contribution in [0.2, 0.25) is 0 Å². The molecule has 0 radical (unpaired) electrons. The van der Waals surface area contributed by atoms with Crippen molar-refractivity contribution >= 4 is 11.9 Å².